The molecule has 0 aromatic rings. The highest BCUT2D eigenvalue weighted by Crippen LogP contribution is 2.28. The molecule has 2 aliphatic heterocycles. The minimum Gasteiger partial charge on any atom is -0.301 e. The molecular formula is C12H24N4O. The second-order valence-electron chi connectivity index (χ2n) is 5.51. The van der Waals surface area contributed by atoms with Crippen molar-refractivity contribution in [2.24, 2.45) is 11.8 Å². The van der Waals surface area contributed by atoms with Gasteiger partial charge in [0.1, 0.15) is 0 Å². The van der Waals surface area contributed by atoms with Crippen LogP contribution in [-0.4, -0.2) is 54.5 Å². The van der Waals surface area contributed by atoms with Gasteiger partial charge in [-0.2, -0.15) is 0 Å². The van der Waals surface area contributed by atoms with E-state index in [9.17, 15) is 4.79 Å². The van der Waals surface area contributed by atoms with Crippen molar-refractivity contribution in [2.75, 3.05) is 26.7 Å². The SMILES string of the molecule is CC(CN1CCC2CCC(C1)N2C)C(=O)NN. The minimum absolute atomic E-state index is 0.0260. The molecule has 2 heterocycles. The smallest absolute Gasteiger partial charge is 0.237 e. The maximum Gasteiger partial charge on any atom is 0.237 e. The van der Waals surface area contributed by atoms with Gasteiger partial charge in [0.05, 0.1) is 0 Å². The third-order valence-electron chi connectivity index (χ3n) is 4.35. The van der Waals surface area contributed by atoms with Gasteiger partial charge in [0.25, 0.3) is 0 Å². The molecule has 0 aromatic carbocycles. The molecule has 0 aliphatic carbocycles. The van der Waals surface area contributed by atoms with Crippen LogP contribution in [0.5, 0.6) is 0 Å². The van der Waals surface area contributed by atoms with E-state index in [2.05, 4.69) is 22.3 Å². The van der Waals surface area contributed by atoms with E-state index in [1.165, 1.54) is 19.3 Å². The van der Waals surface area contributed by atoms with Crippen LogP contribution in [0.3, 0.4) is 0 Å². The Balaban J connectivity index is 1.89. The summed E-state index contributed by atoms with van der Waals surface area (Å²) in [7, 11) is 2.24. The first-order valence-electron chi connectivity index (χ1n) is 6.56. The zero-order valence-electron chi connectivity index (χ0n) is 10.9. The van der Waals surface area contributed by atoms with Crippen molar-refractivity contribution in [3.05, 3.63) is 0 Å². The molecule has 0 aromatic heterocycles. The lowest BCUT2D eigenvalue weighted by atomic mass is 10.1. The lowest BCUT2D eigenvalue weighted by molar-refractivity contribution is -0.125. The normalized spacial score (nSPS) is 32.2. The molecule has 2 rings (SSSR count). The number of rotatable bonds is 3. The topological polar surface area (TPSA) is 61.6 Å². The molecule has 98 valence electrons. The van der Waals surface area contributed by atoms with Crippen LogP contribution in [0.15, 0.2) is 0 Å². The second kappa shape index (κ2) is 5.33. The van der Waals surface area contributed by atoms with Crippen LogP contribution in [0, 0.1) is 5.92 Å². The van der Waals surface area contributed by atoms with Crippen LogP contribution >= 0.6 is 0 Å². The van der Waals surface area contributed by atoms with Crippen molar-refractivity contribution in [2.45, 2.75) is 38.3 Å². The quantitative estimate of drug-likeness (QED) is 0.407. The van der Waals surface area contributed by atoms with Crippen LogP contribution in [0.2, 0.25) is 0 Å². The highest BCUT2D eigenvalue weighted by atomic mass is 16.2. The number of amides is 1. The molecule has 3 atom stereocenters. The Morgan fingerprint density at radius 2 is 2.12 bits per heavy atom. The Morgan fingerprint density at radius 1 is 1.41 bits per heavy atom. The monoisotopic (exact) mass is 240 g/mol. The van der Waals surface area contributed by atoms with Crippen molar-refractivity contribution in [1.29, 1.82) is 0 Å². The predicted molar refractivity (Wildman–Crippen MR) is 67.1 cm³/mol. The maximum absolute atomic E-state index is 11.4. The number of hydrazine groups is 1. The molecule has 1 amide bonds. The summed E-state index contributed by atoms with van der Waals surface area (Å²) in [6.07, 6.45) is 3.87. The maximum atomic E-state index is 11.4. The van der Waals surface area contributed by atoms with Crippen LogP contribution in [0.1, 0.15) is 26.2 Å². The van der Waals surface area contributed by atoms with Gasteiger partial charge in [-0.3, -0.25) is 15.1 Å². The van der Waals surface area contributed by atoms with E-state index in [-0.39, 0.29) is 11.8 Å². The van der Waals surface area contributed by atoms with Gasteiger partial charge in [-0.25, -0.2) is 5.84 Å². The Bertz CT molecular complexity index is 284. The van der Waals surface area contributed by atoms with Gasteiger partial charge in [-0.1, -0.05) is 6.92 Å². The van der Waals surface area contributed by atoms with Crippen LogP contribution < -0.4 is 11.3 Å². The summed E-state index contributed by atoms with van der Waals surface area (Å²) in [5.41, 5.74) is 2.24. The Hall–Kier alpha value is -0.650. The van der Waals surface area contributed by atoms with Crippen LogP contribution in [0.4, 0.5) is 0 Å². The molecule has 5 heteroatoms. The summed E-state index contributed by atoms with van der Waals surface area (Å²) in [5.74, 6) is 5.08. The van der Waals surface area contributed by atoms with Crippen molar-refractivity contribution in [1.82, 2.24) is 15.2 Å². The fourth-order valence-corrected chi connectivity index (χ4v) is 3.16. The van der Waals surface area contributed by atoms with Gasteiger partial charge in [-0.05, 0) is 32.9 Å². The molecule has 2 fully saturated rings. The van der Waals surface area contributed by atoms with Gasteiger partial charge < -0.3 is 4.90 Å². The number of hydrogen-bond donors (Lipinski definition) is 2. The zero-order chi connectivity index (χ0) is 12.4. The number of carbonyl (C=O) groups is 1. The molecule has 0 radical (unpaired) electrons. The van der Waals surface area contributed by atoms with Crippen LogP contribution in [-0.2, 0) is 4.79 Å². The number of nitrogens with zero attached hydrogens (tertiary/aromatic N) is 2. The predicted octanol–water partition coefficient (Wildman–Crippen LogP) is -0.219. The molecule has 2 saturated heterocycles. The van der Waals surface area contributed by atoms with Crippen molar-refractivity contribution in [3.8, 4) is 0 Å². The lowest BCUT2D eigenvalue weighted by Gasteiger charge is -2.27. The molecular weight excluding hydrogens is 216 g/mol. The Morgan fingerprint density at radius 3 is 2.82 bits per heavy atom. The molecule has 0 saturated carbocycles. The number of nitrogens with two attached hydrogens (primary N) is 1. The van der Waals surface area contributed by atoms with E-state index in [0.717, 1.165) is 25.7 Å². The third-order valence-corrected chi connectivity index (χ3v) is 4.35. The van der Waals surface area contributed by atoms with E-state index < -0.39 is 0 Å². The fraction of sp³-hybridized carbons (Fsp3) is 0.917. The number of hydrogen-bond acceptors (Lipinski definition) is 4. The molecule has 5 nitrogen and oxygen atoms in total. The molecule has 0 spiro atoms. The van der Waals surface area contributed by atoms with Crippen molar-refractivity contribution >= 4 is 5.91 Å². The highest BCUT2D eigenvalue weighted by molar-refractivity contribution is 5.77. The minimum atomic E-state index is -0.0623. The lowest BCUT2D eigenvalue weighted by Crippen LogP contribution is -2.43. The van der Waals surface area contributed by atoms with Gasteiger partial charge in [0.15, 0.2) is 0 Å². The summed E-state index contributed by atoms with van der Waals surface area (Å²) in [6.45, 7) is 4.96. The number of likely N-dealkylation sites (N-methyl/N-ethyl adjacent to an activating group) is 1. The van der Waals surface area contributed by atoms with E-state index >= 15 is 0 Å². The zero-order valence-corrected chi connectivity index (χ0v) is 10.9. The summed E-state index contributed by atoms with van der Waals surface area (Å²) >= 11 is 0. The molecule has 2 bridgehead atoms. The van der Waals surface area contributed by atoms with E-state index in [0.29, 0.717) is 6.04 Å². The van der Waals surface area contributed by atoms with Gasteiger partial charge >= 0.3 is 0 Å². The van der Waals surface area contributed by atoms with E-state index in [1.807, 2.05) is 6.92 Å². The fourth-order valence-electron chi connectivity index (χ4n) is 3.16. The summed E-state index contributed by atoms with van der Waals surface area (Å²) in [4.78, 5) is 16.4. The summed E-state index contributed by atoms with van der Waals surface area (Å²) < 4.78 is 0. The van der Waals surface area contributed by atoms with Crippen molar-refractivity contribution in [3.63, 3.8) is 0 Å². The first kappa shape index (κ1) is 12.8. The highest BCUT2D eigenvalue weighted by Gasteiger charge is 2.35. The first-order chi connectivity index (χ1) is 8.11. The largest absolute Gasteiger partial charge is 0.301 e. The molecule has 2 aliphatic rings. The first-order valence-corrected chi connectivity index (χ1v) is 6.56. The van der Waals surface area contributed by atoms with Crippen LogP contribution in [0.25, 0.3) is 0 Å². The Kier molecular flexibility index (Phi) is 4.01. The number of fused-ring (bicyclic) bond motifs is 2. The molecule has 3 N–H and O–H groups in total. The Labute approximate surface area is 103 Å². The summed E-state index contributed by atoms with van der Waals surface area (Å²) in [5, 5.41) is 0. The van der Waals surface area contributed by atoms with Gasteiger partial charge in [0.2, 0.25) is 5.91 Å². The van der Waals surface area contributed by atoms with Crippen molar-refractivity contribution < 1.29 is 4.79 Å². The molecule has 3 unspecified atom stereocenters. The average molecular weight is 240 g/mol. The van der Waals surface area contributed by atoms with E-state index in [1.54, 1.807) is 0 Å². The molecule has 17 heavy (non-hydrogen) atoms. The standard InChI is InChI=1S/C12H24N4O/c1-9(12(17)14-13)7-16-6-5-10-3-4-11(8-16)15(10)2/h9-11H,3-8,13H2,1-2H3,(H,14,17). The average Bonchev–Trinajstić information content (AvgIpc) is 2.56. The number of nitrogens with one attached hydrogen (secondary N) is 1. The van der Waals surface area contributed by atoms with E-state index in [4.69, 9.17) is 5.84 Å². The van der Waals surface area contributed by atoms with Gasteiger partial charge in [-0.15, -0.1) is 0 Å². The number of carbonyl (C=O) groups excluding carboxylic acids is 1. The summed E-state index contributed by atoms with van der Waals surface area (Å²) in [6, 6.07) is 1.43. The van der Waals surface area contributed by atoms with Gasteiger partial charge in [0, 0.05) is 31.1 Å². The second-order valence-corrected chi connectivity index (χ2v) is 5.51. The number of likely N-dealkylation sites (tertiary alicyclic amines) is 1. The third kappa shape index (κ3) is 2.78.